The Balaban J connectivity index is 2.05. The number of aliphatic imine (C=N–C) groups is 1. The van der Waals surface area contributed by atoms with Crippen LogP contribution < -0.4 is 5.32 Å². The average Bonchev–Trinajstić information content (AvgIpc) is 3.30. The summed E-state index contributed by atoms with van der Waals surface area (Å²) in [5.41, 5.74) is 2.31. The molecule has 0 aliphatic heterocycles. The quantitative estimate of drug-likeness (QED) is 0.639. The molecule has 0 bridgehead atoms. The number of carbonyl (C=O) groups excluding carboxylic acids is 1. The highest BCUT2D eigenvalue weighted by Crippen LogP contribution is 2.48. The van der Waals surface area contributed by atoms with Crippen molar-refractivity contribution < 1.29 is 9.90 Å². The van der Waals surface area contributed by atoms with E-state index in [2.05, 4.69) is 10.3 Å². The van der Waals surface area contributed by atoms with Gasteiger partial charge in [0.2, 0.25) is 0 Å². The number of hydrogen-bond acceptors (Lipinski definition) is 5. The van der Waals surface area contributed by atoms with Crippen molar-refractivity contribution in [1.29, 1.82) is 5.41 Å². The Hall–Kier alpha value is -2.28. The van der Waals surface area contributed by atoms with E-state index < -0.39 is 0 Å². The van der Waals surface area contributed by atoms with Crippen LogP contribution in [0.1, 0.15) is 81.0 Å². The summed E-state index contributed by atoms with van der Waals surface area (Å²) in [6.45, 7) is 7.76. The van der Waals surface area contributed by atoms with Crippen molar-refractivity contribution in [2.45, 2.75) is 71.8 Å². The summed E-state index contributed by atoms with van der Waals surface area (Å²) in [6, 6.07) is -0.351. The predicted octanol–water partition coefficient (Wildman–Crippen LogP) is 3.39. The molecule has 3 N–H and O–H groups in total. The van der Waals surface area contributed by atoms with Gasteiger partial charge in [0.1, 0.15) is 5.82 Å². The molecule has 3 atom stereocenters. The smallest absolute Gasteiger partial charge is 0.272 e. The van der Waals surface area contributed by atoms with Gasteiger partial charge in [-0.05, 0) is 50.0 Å². The molecule has 1 aromatic heterocycles. The van der Waals surface area contributed by atoms with E-state index in [4.69, 9.17) is 10.5 Å². The first kappa shape index (κ1) is 21.4. The van der Waals surface area contributed by atoms with Crippen LogP contribution in [0.15, 0.2) is 11.1 Å². The number of nitrogens with zero attached hydrogens (tertiary/aromatic N) is 3. The molecule has 7 nitrogen and oxygen atoms in total. The maximum absolute atomic E-state index is 13.2. The minimum atomic E-state index is -0.351. The molecule has 1 heterocycles. The van der Waals surface area contributed by atoms with Gasteiger partial charge >= 0.3 is 0 Å². The largest absolute Gasteiger partial charge is 0.394 e. The summed E-state index contributed by atoms with van der Waals surface area (Å²) >= 11 is 0. The zero-order valence-electron chi connectivity index (χ0n) is 17.9. The first-order valence-electron chi connectivity index (χ1n) is 10.5. The number of nitrogens with one attached hydrogen (secondary N) is 2. The van der Waals surface area contributed by atoms with Crippen molar-refractivity contribution in [3.63, 3.8) is 0 Å². The maximum atomic E-state index is 13.2. The van der Waals surface area contributed by atoms with Gasteiger partial charge in [-0.1, -0.05) is 27.2 Å². The Morgan fingerprint density at radius 3 is 2.79 bits per heavy atom. The van der Waals surface area contributed by atoms with Crippen LogP contribution in [0.5, 0.6) is 0 Å². The minimum absolute atomic E-state index is 0.118. The fraction of sp³-hybridized carbons (Fsp3) is 0.636. The number of carbonyl (C=O) groups is 1. The number of aliphatic hydroxyl groups is 1. The van der Waals surface area contributed by atoms with Crippen molar-refractivity contribution in [2.24, 2.45) is 16.3 Å². The van der Waals surface area contributed by atoms with Crippen LogP contribution in [0.25, 0.3) is 5.82 Å². The highest BCUT2D eigenvalue weighted by Gasteiger charge is 2.40. The van der Waals surface area contributed by atoms with Gasteiger partial charge in [-0.2, -0.15) is 5.10 Å². The molecule has 0 aromatic carbocycles. The molecule has 2 aliphatic rings. The van der Waals surface area contributed by atoms with Crippen LogP contribution >= 0.6 is 0 Å². The molecule has 1 amide bonds. The molecule has 0 saturated heterocycles. The highest BCUT2D eigenvalue weighted by molar-refractivity contribution is 6.15. The van der Waals surface area contributed by atoms with E-state index in [0.717, 1.165) is 36.7 Å². The second-order valence-corrected chi connectivity index (χ2v) is 9.13. The van der Waals surface area contributed by atoms with E-state index in [0.29, 0.717) is 23.4 Å². The second-order valence-electron chi connectivity index (χ2n) is 9.13. The Morgan fingerprint density at radius 1 is 1.41 bits per heavy atom. The van der Waals surface area contributed by atoms with Gasteiger partial charge in [0.05, 0.1) is 18.3 Å². The van der Waals surface area contributed by atoms with E-state index >= 15 is 0 Å². The van der Waals surface area contributed by atoms with Crippen LogP contribution in [0.4, 0.5) is 0 Å². The van der Waals surface area contributed by atoms with E-state index in [-0.39, 0.29) is 24.0 Å². The number of hydrogen-bond donors (Lipinski definition) is 3. The number of amides is 1. The van der Waals surface area contributed by atoms with Crippen molar-refractivity contribution in [3.8, 4) is 0 Å². The van der Waals surface area contributed by atoms with E-state index in [1.807, 2.05) is 38.5 Å². The number of fused-ring (bicyclic) bond motifs is 3. The zero-order chi connectivity index (χ0) is 21.2. The molecule has 7 heteroatoms. The number of allylic oxidation sites excluding steroid dienone is 1. The van der Waals surface area contributed by atoms with Crippen molar-refractivity contribution in [1.82, 2.24) is 15.1 Å². The molecule has 1 aromatic rings. The number of aliphatic hydroxyl groups excluding tert-OH is 1. The molecular formula is C22H33N5O2. The molecular weight excluding hydrogens is 366 g/mol. The first-order chi connectivity index (χ1) is 13.8. The number of rotatable bonds is 6. The lowest BCUT2D eigenvalue weighted by Gasteiger charge is -2.30. The second kappa shape index (κ2) is 8.61. The Morgan fingerprint density at radius 2 is 2.17 bits per heavy atom. The third kappa shape index (κ3) is 4.20. The highest BCUT2D eigenvalue weighted by atomic mass is 16.3. The summed E-state index contributed by atoms with van der Waals surface area (Å²) < 4.78 is 1.82. The van der Waals surface area contributed by atoms with Crippen molar-refractivity contribution in [3.05, 3.63) is 23.0 Å². The summed E-state index contributed by atoms with van der Waals surface area (Å²) in [5.74, 6) is 1.43. The van der Waals surface area contributed by atoms with Gasteiger partial charge in [-0.15, -0.1) is 0 Å². The third-order valence-electron chi connectivity index (χ3n) is 6.30. The predicted molar refractivity (Wildman–Crippen MR) is 116 cm³/mol. The van der Waals surface area contributed by atoms with Crippen LogP contribution in [-0.2, 0) is 6.42 Å². The molecule has 29 heavy (non-hydrogen) atoms. The molecule has 0 radical (unpaired) electrons. The van der Waals surface area contributed by atoms with Gasteiger partial charge in [0.25, 0.3) is 5.91 Å². The molecule has 2 unspecified atom stereocenters. The van der Waals surface area contributed by atoms with Crippen molar-refractivity contribution in [2.75, 3.05) is 6.61 Å². The molecule has 2 aliphatic carbocycles. The van der Waals surface area contributed by atoms with E-state index in [9.17, 15) is 9.90 Å². The van der Waals surface area contributed by atoms with Gasteiger partial charge in [0, 0.05) is 23.9 Å². The molecule has 0 spiro atoms. The maximum Gasteiger partial charge on any atom is 0.272 e. The van der Waals surface area contributed by atoms with Crippen LogP contribution in [0, 0.1) is 16.7 Å². The van der Waals surface area contributed by atoms with E-state index in [1.165, 1.54) is 19.1 Å². The van der Waals surface area contributed by atoms with Crippen LogP contribution in [0.2, 0.25) is 0 Å². The standard InChI is InChI=1S/C22H33N5O2/c1-5-18(24-12-11-23)27-20-15-8-6-7-14(15)9-10-16(20)19(26-27)21(29)25-17(13-28)22(2,3)4/h5,11-12,14-15,17,23,28H,6-10,13H2,1-4H3,(H,25,29)/b18-5+,23-11?,24-12?/t14?,15?,17-/m1/s1. The molecule has 1 saturated carbocycles. The molecule has 1 fully saturated rings. The summed E-state index contributed by atoms with van der Waals surface area (Å²) in [5, 5.41) is 24.7. The topological polar surface area (TPSA) is 103 Å². The Bertz CT molecular complexity index is 831. The monoisotopic (exact) mass is 399 g/mol. The van der Waals surface area contributed by atoms with Gasteiger partial charge in [-0.3, -0.25) is 4.79 Å². The number of aromatic nitrogens is 2. The zero-order valence-corrected chi connectivity index (χ0v) is 17.9. The SMILES string of the molecule is C/C=C(\N=CC=N)n1nc(C(=O)N[C@H](CO)C(C)(C)C)c2c1C1CCCC1CC2. The summed E-state index contributed by atoms with van der Waals surface area (Å²) in [7, 11) is 0. The fourth-order valence-corrected chi connectivity index (χ4v) is 4.65. The Kier molecular flexibility index (Phi) is 6.36. The van der Waals surface area contributed by atoms with Gasteiger partial charge in [-0.25, -0.2) is 9.67 Å². The van der Waals surface area contributed by atoms with E-state index in [1.54, 1.807) is 0 Å². The summed E-state index contributed by atoms with van der Waals surface area (Å²) in [6.07, 6.45) is 9.89. The lowest BCUT2D eigenvalue weighted by Crippen LogP contribution is -2.46. The average molecular weight is 400 g/mol. The summed E-state index contributed by atoms with van der Waals surface area (Å²) in [4.78, 5) is 17.5. The fourth-order valence-electron chi connectivity index (χ4n) is 4.65. The molecule has 158 valence electrons. The van der Waals surface area contributed by atoms with Gasteiger partial charge in [0.15, 0.2) is 5.69 Å². The lowest BCUT2D eigenvalue weighted by atomic mass is 9.79. The Labute approximate surface area is 172 Å². The van der Waals surface area contributed by atoms with Crippen molar-refractivity contribution >= 4 is 24.2 Å². The first-order valence-corrected chi connectivity index (χ1v) is 10.5. The van der Waals surface area contributed by atoms with Crippen LogP contribution in [0.3, 0.4) is 0 Å². The van der Waals surface area contributed by atoms with Crippen LogP contribution in [-0.4, -0.2) is 45.9 Å². The lowest BCUT2D eigenvalue weighted by molar-refractivity contribution is 0.0841. The molecule has 3 rings (SSSR count). The minimum Gasteiger partial charge on any atom is -0.394 e. The normalized spacial score (nSPS) is 23.0. The third-order valence-corrected chi connectivity index (χ3v) is 6.30. The van der Waals surface area contributed by atoms with Gasteiger partial charge < -0.3 is 15.8 Å².